The van der Waals surface area contributed by atoms with E-state index in [1.807, 2.05) is 58.7 Å². The highest BCUT2D eigenvalue weighted by atomic mass is 32.1. The third-order valence-corrected chi connectivity index (χ3v) is 8.76. The zero-order chi connectivity index (χ0) is 25.4. The largest absolute Gasteiger partial charge is 0.497 e. The molecular weight excluding hydrogens is 482 g/mol. The van der Waals surface area contributed by atoms with E-state index in [0.717, 1.165) is 41.2 Å². The fraction of sp³-hybridized carbons (Fsp3) is 0.300. The van der Waals surface area contributed by atoms with Gasteiger partial charge in [0, 0.05) is 23.2 Å². The minimum Gasteiger partial charge on any atom is -0.497 e. The van der Waals surface area contributed by atoms with Crippen molar-refractivity contribution in [3.8, 4) is 16.5 Å². The van der Waals surface area contributed by atoms with Gasteiger partial charge in [0.1, 0.15) is 16.5 Å². The average molecular weight is 514 g/mol. The van der Waals surface area contributed by atoms with Gasteiger partial charge in [0.05, 0.1) is 32.5 Å². The highest BCUT2D eigenvalue weighted by Gasteiger charge is 2.36. The van der Waals surface area contributed by atoms with Crippen LogP contribution >= 0.6 is 11.3 Å². The Morgan fingerprint density at radius 1 is 0.973 bits per heavy atom. The number of nitrogens with zero attached hydrogens (tertiary/aromatic N) is 2. The molecule has 6 nitrogen and oxygen atoms in total. The van der Waals surface area contributed by atoms with Crippen molar-refractivity contribution < 1.29 is 14.3 Å². The molecule has 1 N–H and O–H groups in total. The number of rotatable bonds is 5. The summed E-state index contributed by atoms with van der Waals surface area (Å²) in [5, 5.41) is 4.45. The van der Waals surface area contributed by atoms with E-state index in [1.54, 1.807) is 14.2 Å². The number of aryl methyl sites for hydroxylation is 1. The van der Waals surface area contributed by atoms with E-state index in [2.05, 4.69) is 34.3 Å². The molecule has 1 aliphatic heterocycles. The summed E-state index contributed by atoms with van der Waals surface area (Å²) in [6, 6.07) is 19.8. The number of carbonyl (C=O) groups excluding carboxylic acids is 1. The van der Waals surface area contributed by atoms with Gasteiger partial charge in [-0.15, -0.1) is 11.3 Å². The van der Waals surface area contributed by atoms with E-state index < -0.39 is 0 Å². The van der Waals surface area contributed by atoms with Crippen molar-refractivity contribution in [1.29, 1.82) is 0 Å². The summed E-state index contributed by atoms with van der Waals surface area (Å²) in [6.07, 6.45) is 6.80. The van der Waals surface area contributed by atoms with Gasteiger partial charge >= 0.3 is 6.03 Å². The second-order valence-corrected chi connectivity index (χ2v) is 10.7. The Kier molecular flexibility index (Phi) is 6.38. The number of hydrogen-bond donors (Lipinski definition) is 1. The number of carbonyl (C=O) groups is 1. The van der Waals surface area contributed by atoms with Crippen LogP contribution in [0.2, 0.25) is 0 Å². The highest BCUT2D eigenvalue weighted by Crippen LogP contribution is 2.44. The minimum atomic E-state index is -0.255. The van der Waals surface area contributed by atoms with Crippen LogP contribution < -0.4 is 14.8 Å². The molecule has 2 amide bonds. The maximum absolute atomic E-state index is 14.0. The van der Waals surface area contributed by atoms with E-state index in [0.29, 0.717) is 13.1 Å². The molecule has 190 valence electrons. The number of amides is 2. The van der Waals surface area contributed by atoms with Crippen LogP contribution in [0.25, 0.3) is 5.00 Å². The molecule has 0 fully saturated rings. The van der Waals surface area contributed by atoms with Crippen molar-refractivity contribution in [2.45, 2.75) is 44.8 Å². The molecule has 2 aliphatic rings. The van der Waals surface area contributed by atoms with Gasteiger partial charge in [-0.1, -0.05) is 24.3 Å². The Bertz CT molecular complexity index is 1440. The average Bonchev–Trinajstić information content (AvgIpc) is 3.53. The molecular formula is C30H31N3O3S. The van der Waals surface area contributed by atoms with Crippen molar-refractivity contribution in [3.63, 3.8) is 0 Å². The zero-order valence-electron chi connectivity index (χ0n) is 21.2. The number of aromatic nitrogens is 1. The predicted octanol–water partition coefficient (Wildman–Crippen LogP) is 6.25. The van der Waals surface area contributed by atoms with Crippen LogP contribution in [0.5, 0.6) is 11.5 Å². The first-order valence-corrected chi connectivity index (χ1v) is 13.6. The van der Waals surface area contributed by atoms with E-state index in [9.17, 15) is 4.79 Å². The van der Waals surface area contributed by atoms with E-state index >= 15 is 0 Å². The van der Waals surface area contributed by atoms with Crippen LogP contribution in [0.15, 0.2) is 66.9 Å². The first kappa shape index (κ1) is 23.7. The Balaban J connectivity index is 1.42. The third kappa shape index (κ3) is 4.37. The molecule has 4 aromatic rings. The SMILES string of the molecule is COc1cccc(CNC(=O)N2Cc3c(sc4c3CCCC4)-n3cccc3[C@H]2c2cccc(OC)c2)c1. The lowest BCUT2D eigenvalue weighted by atomic mass is 9.95. The number of urea groups is 1. The van der Waals surface area contributed by atoms with Crippen LogP contribution in [0.1, 0.15) is 51.7 Å². The van der Waals surface area contributed by atoms with Gasteiger partial charge in [0.15, 0.2) is 0 Å². The second-order valence-electron chi connectivity index (χ2n) is 9.61. The summed E-state index contributed by atoms with van der Waals surface area (Å²) in [5.74, 6) is 1.56. The fourth-order valence-corrected chi connectivity index (χ4v) is 7.01. The topological polar surface area (TPSA) is 55.7 Å². The first-order chi connectivity index (χ1) is 18.2. The second kappa shape index (κ2) is 9.98. The molecule has 3 heterocycles. The van der Waals surface area contributed by atoms with Gasteiger partial charge < -0.3 is 24.3 Å². The number of thiophene rings is 1. The molecule has 0 saturated carbocycles. The summed E-state index contributed by atoms with van der Waals surface area (Å²) in [4.78, 5) is 17.5. The van der Waals surface area contributed by atoms with Crippen molar-refractivity contribution >= 4 is 17.4 Å². The Labute approximate surface area is 221 Å². The molecule has 6 rings (SSSR count). The van der Waals surface area contributed by atoms with Crippen molar-refractivity contribution in [2.24, 2.45) is 0 Å². The fourth-order valence-electron chi connectivity index (χ4n) is 5.61. The van der Waals surface area contributed by atoms with Gasteiger partial charge in [-0.2, -0.15) is 0 Å². The molecule has 0 unspecified atom stereocenters. The molecule has 2 aromatic carbocycles. The molecule has 0 saturated heterocycles. The number of methoxy groups -OCH3 is 2. The monoisotopic (exact) mass is 513 g/mol. The summed E-state index contributed by atoms with van der Waals surface area (Å²) >= 11 is 1.90. The number of benzene rings is 2. The Hall–Kier alpha value is -3.71. The van der Waals surface area contributed by atoms with Crippen molar-refractivity contribution in [2.75, 3.05) is 14.2 Å². The smallest absolute Gasteiger partial charge is 0.318 e. The van der Waals surface area contributed by atoms with Crippen LogP contribution in [0, 0.1) is 0 Å². The van der Waals surface area contributed by atoms with Gasteiger partial charge in [0.25, 0.3) is 0 Å². The quantitative estimate of drug-likeness (QED) is 0.343. The van der Waals surface area contributed by atoms with Crippen LogP contribution in [-0.4, -0.2) is 29.7 Å². The van der Waals surface area contributed by atoms with Crippen LogP contribution in [0.3, 0.4) is 0 Å². The van der Waals surface area contributed by atoms with Gasteiger partial charge in [-0.05, 0) is 78.8 Å². The lowest BCUT2D eigenvalue weighted by molar-refractivity contribution is 0.180. The lowest BCUT2D eigenvalue weighted by Gasteiger charge is -2.31. The number of hydrogen-bond acceptors (Lipinski definition) is 4. The number of nitrogens with one attached hydrogen (secondary N) is 1. The minimum absolute atomic E-state index is 0.0907. The summed E-state index contributed by atoms with van der Waals surface area (Å²) in [7, 11) is 3.33. The summed E-state index contributed by atoms with van der Waals surface area (Å²) < 4.78 is 13.2. The molecule has 37 heavy (non-hydrogen) atoms. The number of ether oxygens (including phenoxy) is 2. The molecule has 1 aliphatic carbocycles. The van der Waals surface area contributed by atoms with Crippen LogP contribution in [0.4, 0.5) is 4.79 Å². The predicted molar refractivity (Wildman–Crippen MR) is 146 cm³/mol. The van der Waals surface area contributed by atoms with Gasteiger partial charge in [-0.25, -0.2) is 4.79 Å². The zero-order valence-corrected chi connectivity index (χ0v) is 22.0. The molecule has 7 heteroatoms. The van der Waals surface area contributed by atoms with E-state index in [-0.39, 0.29) is 12.1 Å². The van der Waals surface area contributed by atoms with Crippen molar-refractivity contribution in [1.82, 2.24) is 14.8 Å². The molecule has 0 bridgehead atoms. The first-order valence-electron chi connectivity index (χ1n) is 12.8. The summed E-state index contributed by atoms with van der Waals surface area (Å²) in [6.45, 7) is 0.988. The normalized spacial score (nSPS) is 16.3. The van der Waals surface area contributed by atoms with Gasteiger partial charge in [-0.3, -0.25) is 0 Å². The van der Waals surface area contributed by atoms with Crippen LogP contribution in [-0.2, 0) is 25.9 Å². The van der Waals surface area contributed by atoms with Gasteiger partial charge in [0.2, 0.25) is 0 Å². The molecule has 2 aromatic heterocycles. The number of fused-ring (bicyclic) bond motifs is 5. The highest BCUT2D eigenvalue weighted by molar-refractivity contribution is 7.15. The molecule has 1 atom stereocenters. The lowest BCUT2D eigenvalue weighted by Crippen LogP contribution is -2.41. The maximum Gasteiger partial charge on any atom is 0.318 e. The molecule has 0 radical (unpaired) electrons. The van der Waals surface area contributed by atoms with E-state index in [4.69, 9.17) is 9.47 Å². The Morgan fingerprint density at radius 3 is 2.59 bits per heavy atom. The molecule has 0 spiro atoms. The van der Waals surface area contributed by atoms with Crippen molar-refractivity contribution in [3.05, 3.63) is 99.7 Å². The third-order valence-electron chi connectivity index (χ3n) is 7.43. The maximum atomic E-state index is 14.0. The summed E-state index contributed by atoms with van der Waals surface area (Å²) in [5.41, 5.74) is 5.85. The standard InChI is InChI=1S/C30H31N3O3S/c1-35-22-10-5-8-20(16-22)18-31-30(34)33-19-25-24-12-3-4-14-27(24)37-29(25)32-15-7-13-26(32)28(33)21-9-6-11-23(17-21)36-2/h5-11,13,15-17,28H,3-4,12,14,18-19H2,1-2H3,(H,31,34)/t28-/m1/s1. The Morgan fingerprint density at radius 2 is 1.76 bits per heavy atom. The van der Waals surface area contributed by atoms with E-state index in [1.165, 1.54) is 33.8 Å².